The molecule has 3 nitrogen and oxygen atoms in total. The van der Waals surface area contributed by atoms with Crippen molar-refractivity contribution in [3.63, 3.8) is 0 Å². The van der Waals surface area contributed by atoms with Gasteiger partial charge in [0, 0.05) is 25.6 Å². The van der Waals surface area contributed by atoms with Gasteiger partial charge in [0.1, 0.15) is 0 Å². The van der Waals surface area contributed by atoms with Crippen molar-refractivity contribution >= 4 is 41.5 Å². The highest BCUT2D eigenvalue weighted by molar-refractivity contribution is 6.42. The summed E-state index contributed by atoms with van der Waals surface area (Å²) in [5.41, 5.74) is 1.14. The van der Waals surface area contributed by atoms with Crippen molar-refractivity contribution in [3.8, 4) is 0 Å². The van der Waals surface area contributed by atoms with E-state index in [1.165, 1.54) is 19.4 Å². The quantitative estimate of drug-likeness (QED) is 0.711. The third-order valence-electron chi connectivity index (χ3n) is 5.08. The smallest absolute Gasteiger partial charge is 0.222 e. The van der Waals surface area contributed by atoms with Gasteiger partial charge in [0.25, 0.3) is 0 Å². The first-order valence-corrected chi connectivity index (χ1v) is 9.82. The Morgan fingerprint density at radius 3 is 2.48 bits per heavy atom. The van der Waals surface area contributed by atoms with Gasteiger partial charge in [0.2, 0.25) is 5.91 Å². The molecule has 1 aromatic carbocycles. The maximum Gasteiger partial charge on any atom is 0.222 e. The molecule has 1 saturated carbocycles. The zero-order valence-corrected chi connectivity index (χ0v) is 16.8. The first kappa shape index (κ1) is 20.8. The van der Waals surface area contributed by atoms with E-state index in [0.29, 0.717) is 22.5 Å². The number of nitrogens with one attached hydrogen (secondary N) is 1. The number of nitrogens with zero attached hydrogens (tertiary/aromatic N) is 1. The van der Waals surface area contributed by atoms with Crippen LogP contribution in [0, 0.1) is 5.92 Å². The maximum absolute atomic E-state index is 12.4. The lowest BCUT2D eigenvalue weighted by atomic mass is 10.0. The Morgan fingerprint density at radius 1 is 1.12 bits per heavy atom. The van der Waals surface area contributed by atoms with Crippen molar-refractivity contribution < 1.29 is 4.79 Å². The molecule has 1 N–H and O–H groups in total. The Balaban J connectivity index is 0.00000225. The molecule has 1 aliphatic carbocycles. The van der Waals surface area contributed by atoms with Gasteiger partial charge in [-0.3, -0.25) is 4.79 Å². The van der Waals surface area contributed by atoms with Crippen LogP contribution in [0.25, 0.3) is 0 Å². The molecular weight excluding hydrogens is 379 g/mol. The average Bonchev–Trinajstić information content (AvgIpc) is 3.41. The van der Waals surface area contributed by atoms with Gasteiger partial charge in [0.05, 0.1) is 10.0 Å². The summed E-state index contributed by atoms with van der Waals surface area (Å²) in [4.78, 5) is 14.4. The van der Waals surface area contributed by atoms with Gasteiger partial charge in [-0.2, -0.15) is 0 Å². The van der Waals surface area contributed by atoms with E-state index in [1.807, 2.05) is 23.1 Å². The first-order chi connectivity index (χ1) is 11.6. The summed E-state index contributed by atoms with van der Waals surface area (Å²) in [6.07, 6.45) is 7.29. The summed E-state index contributed by atoms with van der Waals surface area (Å²) in [5, 5.41) is 4.82. The Morgan fingerprint density at radius 2 is 1.84 bits per heavy atom. The zero-order chi connectivity index (χ0) is 16.9. The van der Waals surface area contributed by atoms with Crippen molar-refractivity contribution in [1.82, 2.24) is 10.2 Å². The molecule has 1 heterocycles. The van der Waals surface area contributed by atoms with Gasteiger partial charge in [0.15, 0.2) is 0 Å². The zero-order valence-electron chi connectivity index (χ0n) is 14.5. The lowest BCUT2D eigenvalue weighted by Crippen LogP contribution is -2.45. The van der Waals surface area contributed by atoms with Crippen LogP contribution in [0.5, 0.6) is 0 Å². The molecule has 140 valence electrons. The molecule has 2 aliphatic rings. The number of aryl methyl sites for hydroxylation is 1. The number of halogens is 3. The number of hydrogen-bond donors (Lipinski definition) is 1. The minimum absolute atomic E-state index is 0. The van der Waals surface area contributed by atoms with Gasteiger partial charge < -0.3 is 10.2 Å². The predicted molar refractivity (Wildman–Crippen MR) is 107 cm³/mol. The van der Waals surface area contributed by atoms with Crippen LogP contribution >= 0.6 is 35.6 Å². The third kappa shape index (κ3) is 6.63. The van der Waals surface area contributed by atoms with Gasteiger partial charge >= 0.3 is 0 Å². The molecule has 1 aromatic rings. The Kier molecular flexibility index (Phi) is 8.34. The molecule has 3 rings (SSSR count). The molecule has 0 unspecified atom stereocenters. The fraction of sp³-hybridized carbons (Fsp3) is 0.632. The summed E-state index contributed by atoms with van der Waals surface area (Å²) in [7, 11) is 0. The molecule has 0 bridgehead atoms. The lowest BCUT2D eigenvalue weighted by molar-refractivity contribution is -0.132. The van der Waals surface area contributed by atoms with Crippen LogP contribution in [0.4, 0.5) is 0 Å². The number of amides is 1. The highest BCUT2D eigenvalue weighted by atomic mass is 35.5. The molecule has 1 amide bonds. The van der Waals surface area contributed by atoms with E-state index in [4.69, 9.17) is 23.2 Å². The fourth-order valence-electron chi connectivity index (χ4n) is 3.29. The maximum atomic E-state index is 12.4. The molecule has 0 radical (unpaired) electrons. The van der Waals surface area contributed by atoms with Gasteiger partial charge in [-0.25, -0.2) is 0 Å². The number of rotatable bonds is 7. The highest BCUT2D eigenvalue weighted by Gasteiger charge is 2.25. The van der Waals surface area contributed by atoms with Crippen LogP contribution in [-0.4, -0.2) is 36.5 Å². The number of hydrogen-bond acceptors (Lipinski definition) is 2. The SMILES string of the molecule is Cl.O=C(CCCc1ccc(Cl)c(Cl)c1)N1CCC(NCC2CC2)CC1. The Bertz CT molecular complexity index is 570. The van der Waals surface area contributed by atoms with Crippen LogP contribution in [0.15, 0.2) is 18.2 Å². The summed E-state index contributed by atoms with van der Waals surface area (Å²) < 4.78 is 0. The molecular formula is C19H27Cl3N2O. The second-order valence-electron chi connectivity index (χ2n) is 7.11. The molecule has 1 aliphatic heterocycles. The van der Waals surface area contributed by atoms with Crippen molar-refractivity contribution in [2.75, 3.05) is 19.6 Å². The Labute approximate surface area is 166 Å². The summed E-state index contributed by atoms with van der Waals surface area (Å²) in [6.45, 7) is 2.96. The molecule has 2 fully saturated rings. The molecule has 6 heteroatoms. The van der Waals surface area contributed by atoms with Crippen molar-refractivity contribution in [1.29, 1.82) is 0 Å². The summed E-state index contributed by atoms with van der Waals surface area (Å²) in [6, 6.07) is 6.30. The Hall–Kier alpha value is -0.480. The van der Waals surface area contributed by atoms with E-state index in [-0.39, 0.29) is 18.3 Å². The van der Waals surface area contributed by atoms with Crippen LogP contribution in [0.2, 0.25) is 10.0 Å². The third-order valence-corrected chi connectivity index (χ3v) is 5.82. The van der Waals surface area contributed by atoms with Crippen molar-refractivity contribution in [2.24, 2.45) is 5.92 Å². The second kappa shape index (κ2) is 10.0. The monoisotopic (exact) mass is 404 g/mol. The van der Waals surface area contributed by atoms with Gasteiger partial charge in [-0.1, -0.05) is 29.3 Å². The minimum atomic E-state index is 0. The lowest BCUT2D eigenvalue weighted by Gasteiger charge is -2.32. The van der Waals surface area contributed by atoms with Crippen molar-refractivity contribution in [2.45, 2.75) is 51.0 Å². The molecule has 0 spiro atoms. The number of carbonyl (C=O) groups excluding carboxylic acids is 1. The highest BCUT2D eigenvalue weighted by Crippen LogP contribution is 2.28. The van der Waals surface area contributed by atoms with E-state index in [2.05, 4.69) is 5.32 Å². The average molecular weight is 406 g/mol. The summed E-state index contributed by atoms with van der Waals surface area (Å²) in [5.74, 6) is 1.21. The molecule has 0 aromatic heterocycles. The number of carbonyl (C=O) groups is 1. The number of piperidine rings is 1. The molecule has 0 atom stereocenters. The topological polar surface area (TPSA) is 32.3 Å². The van der Waals surface area contributed by atoms with Crippen LogP contribution in [0.3, 0.4) is 0 Å². The standard InChI is InChI=1S/C19H26Cl2N2O.ClH/c20-17-7-6-14(12-18(17)21)2-1-3-19(24)23-10-8-16(9-11-23)22-13-15-4-5-15;/h6-7,12,15-16,22H,1-5,8-11,13H2;1H. The van der Waals surface area contributed by atoms with E-state index in [1.54, 1.807) is 0 Å². The van der Waals surface area contributed by atoms with E-state index >= 15 is 0 Å². The van der Waals surface area contributed by atoms with Crippen LogP contribution in [0.1, 0.15) is 44.1 Å². The van der Waals surface area contributed by atoms with E-state index < -0.39 is 0 Å². The number of likely N-dealkylation sites (tertiary alicyclic amines) is 1. The largest absolute Gasteiger partial charge is 0.343 e. The second-order valence-corrected chi connectivity index (χ2v) is 7.92. The first-order valence-electron chi connectivity index (χ1n) is 9.07. The van der Waals surface area contributed by atoms with Crippen molar-refractivity contribution in [3.05, 3.63) is 33.8 Å². The normalized spacial score (nSPS) is 18.1. The molecule has 25 heavy (non-hydrogen) atoms. The summed E-state index contributed by atoms with van der Waals surface area (Å²) >= 11 is 12.0. The van der Waals surface area contributed by atoms with Crippen LogP contribution < -0.4 is 5.32 Å². The van der Waals surface area contributed by atoms with Gasteiger partial charge in [-0.05, 0) is 68.7 Å². The van der Waals surface area contributed by atoms with Crippen LogP contribution in [-0.2, 0) is 11.2 Å². The predicted octanol–water partition coefficient (Wildman–Crippen LogP) is 4.73. The number of benzene rings is 1. The fourth-order valence-corrected chi connectivity index (χ4v) is 3.61. The molecule has 1 saturated heterocycles. The van der Waals surface area contributed by atoms with E-state index in [0.717, 1.165) is 50.3 Å². The minimum Gasteiger partial charge on any atom is -0.343 e. The van der Waals surface area contributed by atoms with E-state index in [9.17, 15) is 4.79 Å². The van der Waals surface area contributed by atoms with Gasteiger partial charge in [-0.15, -0.1) is 12.4 Å².